The van der Waals surface area contributed by atoms with E-state index in [1.807, 2.05) is 42.2 Å². The molecule has 0 aromatic heterocycles. The number of rotatable bonds is 12. The summed E-state index contributed by atoms with van der Waals surface area (Å²) < 4.78 is 84.8. The molecular weight excluding hydrogens is 570 g/mol. The fourth-order valence-corrected chi connectivity index (χ4v) is 5.80. The maximum Gasteiger partial charge on any atom is 0.417 e. The summed E-state index contributed by atoms with van der Waals surface area (Å²) in [5.74, 6) is -0.844. The lowest BCUT2D eigenvalue weighted by atomic mass is 10.00. The van der Waals surface area contributed by atoms with Gasteiger partial charge in [0.2, 0.25) is 0 Å². The average molecular weight is 602 g/mol. The van der Waals surface area contributed by atoms with E-state index in [9.17, 15) is 31.1 Å². The minimum atomic E-state index is -4.58. The predicted molar refractivity (Wildman–Crippen MR) is 147 cm³/mol. The Morgan fingerprint density at radius 3 is 2.33 bits per heavy atom. The van der Waals surface area contributed by atoms with Crippen LogP contribution in [0.3, 0.4) is 0 Å². The van der Waals surface area contributed by atoms with E-state index in [4.69, 9.17) is 16.3 Å². The van der Waals surface area contributed by atoms with Crippen LogP contribution in [0.15, 0.2) is 65.6 Å². The highest BCUT2D eigenvalue weighted by Crippen LogP contribution is 2.37. The molecule has 0 aliphatic heterocycles. The van der Waals surface area contributed by atoms with Crippen molar-refractivity contribution in [3.8, 4) is 5.75 Å². The number of hydrogen-bond acceptors (Lipinski definition) is 5. The van der Waals surface area contributed by atoms with E-state index in [0.29, 0.717) is 25.1 Å². The van der Waals surface area contributed by atoms with Crippen molar-refractivity contribution in [3.05, 3.63) is 93.8 Å². The summed E-state index contributed by atoms with van der Waals surface area (Å²) in [5.41, 5.74) is 0.191. The lowest BCUT2D eigenvalue weighted by Crippen LogP contribution is -2.30. The first kappa shape index (κ1) is 31.9. The number of aliphatic hydroxyl groups is 1. The normalized spacial score (nSPS) is 13.8. The van der Waals surface area contributed by atoms with Gasteiger partial charge in [0, 0.05) is 37.5 Å². The first-order chi connectivity index (χ1) is 18.7. The number of hydrogen-bond donors (Lipinski definition) is 1. The highest BCUT2D eigenvalue weighted by atomic mass is 35.5. The van der Waals surface area contributed by atoms with Gasteiger partial charge in [-0.2, -0.15) is 13.2 Å². The minimum Gasteiger partial charge on any atom is -0.493 e. The van der Waals surface area contributed by atoms with Crippen molar-refractivity contribution in [3.63, 3.8) is 0 Å². The Morgan fingerprint density at radius 2 is 1.73 bits per heavy atom. The third-order valence-electron chi connectivity index (χ3n) is 6.45. The minimum absolute atomic E-state index is 0.00699. The van der Waals surface area contributed by atoms with Crippen molar-refractivity contribution < 1.29 is 35.8 Å². The van der Waals surface area contributed by atoms with E-state index in [-0.39, 0.29) is 40.3 Å². The molecular formula is C29H32ClF4NO4S. The molecule has 0 amide bonds. The van der Waals surface area contributed by atoms with Crippen LogP contribution in [0.5, 0.6) is 5.75 Å². The molecule has 3 aromatic carbocycles. The van der Waals surface area contributed by atoms with Crippen molar-refractivity contribution >= 4 is 21.4 Å². The van der Waals surface area contributed by atoms with E-state index in [0.717, 1.165) is 24.0 Å². The largest absolute Gasteiger partial charge is 0.493 e. The van der Waals surface area contributed by atoms with Crippen LogP contribution in [0, 0.1) is 5.82 Å². The molecule has 5 nitrogen and oxygen atoms in total. The Kier molecular flexibility index (Phi) is 10.6. The van der Waals surface area contributed by atoms with Crippen LogP contribution in [0.25, 0.3) is 0 Å². The number of nitrogens with zero attached hydrogens (tertiary/aromatic N) is 1. The lowest BCUT2D eigenvalue weighted by Gasteiger charge is -2.27. The zero-order valence-electron chi connectivity index (χ0n) is 22.4. The molecule has 0 saturated heterocycles. The Balaban J connectivity index is 1.76. The number of alkyl halides is 3. The molecule has 0 saturated carbocycles. The van der Waals surface area contributed by atoms with Gasteiger partial charge in [0.05, 0.1) is 28.2 Å². The molecule has 218 valence electrons. The van der Waals surface area contributed by atoms with Gasteiger partial charge in [0.25, 0.3) is 0 Å². The number of sulfone groups is 1. The number of aliphatic hydroxyl groups excluding tert-OH is 1. The maximum absolute atomic E-state index is 14.6. The van der Waals surface area contributed by atoms with Crippen LogP contribution in [0.4, 0.5) is 17.6 Å². The van der Waals surface area contributed by atoms with E-state index in [1.165, 1.54) is 19.1 Å². The first-order valence-electron chi connectivity index (χ1n) is 12.6. The molecule has 2 unspecified atom stereocenters. The van der Waals surface area contributed by atoms with Crippen LogP contribution in [0.1, 0.15) is 54.5 Å². The van der Waals surface area contributed by atoms with E-state index in [1.54, 1.807) is 6.07 Å². The smallest absolute Gasteiger partial charge is 0.417 e. The van der Waals surface area contributed by atoms with Gasteiger partial charge in [0.1, 0.15) is 11.6 Å². The summed E-state index contributed by atoms with van der Waals surface area (Å²) in [6.45, 7) is 4.48. The fourth-order valence-electron chi connectivity index (χ4n) is 4.51. The van der Waals surface area contributed by atoms with Gasteiger partial charge >= 0.3 is 6.18 Å². The number of benzene rings is 3. The third kappa shape index (κ3) is 8.42. The maximum atomic E-state index is 14.6. The molecule has 1 N–H and O–H groups in total. The standard InChI is InChI=1S/C29H32ClF4NO4S/c1-19(21-9-5-4-6-10-21)17-35(18-22-11-7-12-24(28(22)30)29(32,33)34)13-8-14-39-23-15-25(31)27(20(2)36)26(16-23)40(3,37)38/h4-7,9-12,15-16,19-20,36H,8,13-14,17-18H2,1-3H3. The Morgan fingerprint density at radius 1 is 1.05 bits per heavy atom. The second-order valence-corrected chi connectivity index (χ2v) is 12.2. The van der Waals surface area contributed by atoms with E-state index < -0.39 is 33.5 Å². The van der Waals surface area contributed by atoms with Crippen LogP contribution in [0.2, 0.25) is 5.02 Å². The van der Waals surface area contributed by atoms with Gasteiger partial charge in [-0.25, -0.2) is 12.8 Å². The predicted octanol–water partition coefficient (Wildman–Crippen LogP) is 7.03. The topological polar surface area (TPSA) is 66.8 Å². The van der Waals surface area contributed by atoms with E-state index >= 15 is 0 Å². The SMILES string of the molecule is CC(O)c1c(F)cc(OCCCN(Cc2cccc(C(F)(F)F)c2Cl)CC(C)c2ccccc2)cc1S(C)(=O)=O. The molecule has 0 aliphatic rings. The average Bonchev–Trinajstić information content (AvgIpc) is 2.86. The molecule has 0 radical (unpaired) electrons. The number of ether oxygens (including phenoxy) is 1. The van der Waals surface area contributed by atoms with Crippen molar-refractivity contribution in [1.82, 2.24) is 4.90 Å². The molecule has 2 atom stereocenters. The zero-order valence-corrected chi connectivity index (χ0v) is 24.0. The number of halogens is 5. The van der Waals surface area contributed by atoms with Crippen LogP contribution in [-0.4, -0.2) is 44.4 Å². The van der Waals surface area contributed by atoms with Gasteiger partial charge in [-0.1, -0.05) is 61.0 Å². The highest BCUT2D eigenvalue weighted by Gasteiger charge is 2.34. The van der Waals surface area contributed by atoms with Gasteiger partial charge in [-0.15, -0.1) is 0 Å². The Labute approximate surface area is 237 Å². The summed E-state index contributed by atoms with van der Waals surface area (Å²) in [4.78, 5) is 1.62. The molecule has 0 fully saturated rings. The van der Waals surface area contributed by atoms with Crippen molar-refractivity contribution in [1.29, 1.82) is 0 Å². The second kappa shape index (κ2) is 13.3. The van der Waals surface area contributed by atoms with Crippen molar-refractivity contribution in [2.75, 3.05) is 26.0 Å². The highest BCUT2D eigenvalue weighted by molar-refractivity contribution is 7.90. The third-order valence-corrected chi connectivity index (χ3v) is 8.03. The first-order valence-corrected chi connectivity index (χ1v) is 14.9. The molecule has 0 heterocycles. The second-order valence-electron chi connectivity index (χ2n) is 9.79. The molecule has 0 aliphatic carbocycles. The Hall–Kier alpha value is -2.66. The molecule has 40 heavy (non-hydrogen) atoms. The quantitative estimate of drug-likeness (QED) is 0.178. The lowest BCUT2D eigenvalue weighted by molar-refractivity contribution is -0.137. The monoisotopic (exact) mass is 601 g/mol. The summed E-state index contributed by atoms with van der Waals surface area (Å²) in [6.07, 6.45) is -4.58. The van der Waals surface area contributed by atoms with Gasteiger partial charge in [0.15, 0.2) is 9.84 Å². The van der Waals surface area contributed by atoms with Crippen LogP contribution >= 0.6 is 11.6 Å². The van der Waals surface area contributed by atoms with Crippen molar-refractivity contribution in [2.45, 2.75) is 49.9 Å². The summed E-state index contributed by atoms with van der Waals surface area (Å²) in [5, 5.41) is 9.51. The zero-order chi connectivity index (χ0) is 29.7. The Bertz CT molecular complexity index is 1400. The van der Waals surface area contributed by atoms with Crippen LogP contribution < -0.4 is 4.74 Å². The summed E-state index contributed by atoms with van der Waals surface area (Å²) >= 11 is 6.16. The fraction of sp³-hybridized carbons (Fsp3) is 0.379. The van der Waals surface area contributed by atoms with Crippen LogP contribution in [-0.2, 0) is 22.6 Å². The van der Waals surface area contributed by atoms with Gasteiger partial charge in [-0.3, -0.25) is 4.90 Å². The van der Waals surface area contributed by atoms with Gasteiger partial charge < -0.3 is 9.84 Å². The molecule has 0 spiro atoms. The molecule has 3 aromatic rings. The summed E-state index contributed by atoms with van der Waals surface area (Å²) in [6, 6.07) is 15.7. The molecule has 11 heteroatoms. The van der Waals surface area contributed by atoms with Gasteiger partial charge in [-0.05, 0) is 42.5 Å². The summed E-state index contributed by atoms with van der Waals surface area (Å²) in [7, 11) is -3.84. The van der Waals surface area contributed by atoms with Crippen molar-refractivity contribution in [2.24, 2.45) is 0 Å². The van der Waals surface area contributed by atoms with E-state index in [2.05, 4.69) is 0 Å². The molecule has 0 bridgehead atoms. The molecule has 3 rings (SSSR count).